The Labute approximate surface area is 126 Å². The molecule has 0 spiro atoms. The summed E-state index contributed by atoms with van der Waals surface area (Å²) < 4.78 is 3.04. The van der Waals surface area contributed by atoms with Gasteiger partial charge in [0.05, 0.1) is 11.7 Å². The van der Waals surface area contributed by atoms with Gasteiger partial charge in [-0.2, -0.15) is 5.10 Å². The van der Waals surface area contributed by atoms with E-state index in [0.717, 1.165) is 16.5 Å². The van der Waals surface area contributed by atoms with Crippen molar-refractivity contribution in [2.24, 2.45) is 0 Å². The molecule has 3 rings (SSSR count). The summed E-state index contributed by atoms with van der Waals surface area (Å²) in [5, 5.41) is 7.91. The molecule has 1 aromatic carbocycles. The zero-order valence-electron chi connectivity index (χ0n) is 11.3. The van der Waals surface area contributed by atoms with Crippen LogP contribution >= 0.6 is 15.9 Å². The third kappa shape index (κ3) is 2.62. The van der Waals surface area contributed by atoms with Crippen LogP contribution in [0.5, 0.6) is 0 Å². The molecule has 3 aromatic rings. The van der Waals surface area contributed by atoms with Crippen molar-refractivity contribution in [3.8, 4) is 0 Å². The van der Waals surface area contributed by atoms with Crippen molar-refractivity contribution < 1.29 is 0 Å². The molecule has 2 heterocycles. The second-order valence-electron chi connectivity index (χ2n) is 4.82. The minimum absolute atomic E-state index is 0.282. The molecule has 20 heavy (non-hydrogen) atoms. The maximum absolute atomic E-state index is 4.35. The predicted molar refractivity (Wildman–Crippen MR) is 84.6 cm³/mol. The highest BCUT2D eigenvalue weighted by Gasteiger charge is 2.09. The summed E-state index contributed by atoms with van der Waals surface area (Å²) in [6, 6.07) is 14.7. The van der Waals surface area contributed by atoms with Gasteiger partial charge in [0.25, 0.3) is 0 Å². The first-order valence-electron chi connectivity index (χ1n) is 6.65. The Morgan fingerprint density at radius 3 is 2.85 bits per heavy atom. The van der Waals surface area contributed by atoms with Gasteiger partial charge in [-0.3, -0.25) is 0 Å². The zero-order chi connectivity index (χ0) is 13.9. The van der Waals surface area contributed by atoms with Crippen molar-refractivity contribution >= 4 is 21.4 Å². The summed E-state index contributed by atoms with van der Waals surface area (Å²) in [5.41, 5.74) is 3.63. The number of rotatable bonds is 4. The number of hydrogen-bond acceptors (Lipinski definition) is 2. The summed E-state index contributed by atoms with van der Waals surface area (Å²) >= 11 is 3.60. The number of hydrogen-bond donors (Lipinski definition) is 1. The lowest BCUT2D eigenvalue weighted by Crippen LogP contribution is -2.18. The number of benzene rings is 1. The molecular weight excluding hydrogens is 314 g/mol. The molecule has 0 aliphatic heterocycles. The fourth-order valence-corrected chi connectivity index (χ4v) is 2.95. The maximum atomic E-state index is 4.35. The Hall–Kier alpha value is -1.65. The lowest BCUT2D eigenvalue weighted by Gasteiger charge is -2.15. The van der Waals surface area contributed by atoms with Crippen molar-refractivity contribution in [3.63, 3.8) is 0 Å². The number of nitrogens with one attached hydrogen (secondary N) is 1. The standard InChI is InChI=1S/C16H16BrN3/c1-12(14-6-2-3-7-15(14)17)18-10-13-11-19-20-9-5-4-8-16(13)20/h2-9,11-12,18H,10H2,1H3/t12-/m1/s1. The Morgan fingerprint density at radius 1 is 1.20 bits per heavy atom. The van der Waals surface area contributed by atoms with Gasteiger partial charge in [0.2, 0.25) is 0 Å². The SMILES string of the molecule is C[C@@H](NCc1cnn2ccccc12)c1ccccc1Br. The van der Waals surface area contributed by atoms with Crippen LogP contribution in [0, 0.1) is 0 Å². The van der Waals surface area contributed by atoms with Gasteiger partial charge in [0.15, 0.2) is 0 Å². The van der Waals surface area contributed by atoms with Gasteiger partial charge in [-0.1, -0.05) is 40.2 Å². The van der Waals surface area contributed by atoms with E-state index < -0.39 is 0 Å². The summed E-state index contributed by atoms with van der Waals surface area (Å²) in [4.78, 5) is 0. The van der Waals surface area contributed by atoms with Gasteiger partial charge in [0.1, 0.15) is 0 Å². The molecule has 3 nitrogen and oxygen atoms in total. The average molecular weight is 330 g/mol. The van der Waals surface area contributed by atoms with E-state index in [1.807, 2.05) is 35.1 Å². The van der Waals surface area contributed by atoms with E-state index in [9.17, 15) is 0 Å². The molecule has 102 valence electrons. The number of pyridine rings is 1. The van der Waals surface area contributed by atoms with E-state index >= 15 is 0 Å². The van der Waals surface area contributed by atoms with Crippen molar-refractivity contribution in [2.75, 3.05) is 0 Å². The third-order valence-electron chi connectivity index (χ3n) is 3.48. The first-order valence-corrected chi connectivity index (χ1v) is 7.44. The van der Waals surface area contributed by atoms with Crippen LogP contribution in [-0.2, 0) is 6.54 Å². The van der Waals surface area contributed by atoms with Crippen molar-refractivity contribution in [2.45, 2.75) is 19.5 Å². The average Bonchev–Trinajstić information content (AvgIpc) is 2.88. The van der Waals surface area contributed by atoms with Crippen LogP contribution in [0.1, 0.15) is 24.1 Å². The summed E-state index contributed by atoms with van der Waals surface area (Å²) in [7, 11) is 0. The number of nitrogens with zero attached hydrogens (tertiary/aromatic N) is 2. The summed E-state index contributed by atoms with van der Waals surface area (Å²) in [6.45, 7) is 2.97. The molecule has 0 amide bonds. The molecule has 0 unspecified atom stereocenters. The van der Waals surface area contributed by atoms with Crippen molar-refractivity contribution in [3.05, 3.63) is 70.5 Å². The van der Waals surface area contributed by atoms with E-state index in [1.54, 1.807) is 0 Å². The topological polar surface area (TPSA) is 29.3 Å². The molecule has 0 saturated heterocycles. The summed E-state index contributed by atoms with van der Waals surface area (Å²) in [6.07, 6.45) is 3.89. The van der Waals surface area contributed by atoms with Gasteiger partial charge in [-0.25, -0.2) is 4.52 Å². The molecule has 0 fully saturated rings. The van der Waals surface area contributed by atoms with E-state index in [1.165, 1.54) is 11.1 Å². The lowest BCUT2D eigenvalue weighted by molar-refractivity contribution is 0.574. The predicted octanol–water partition coefficient (Wildman–Crippen LogP) is 3.95. The molecule has 0 radical (unpaired) electrons. The lowest BCUT2D eigenvalue weighted by atomic mass is 10.1. The van der Waals surface area contributed by atoms with Gasteiger partial charge < -0.3 is 5.32 Å². The third-order valence-corrected chi connectivity index (χ3v) is 4.20. The van der Waals surface area contributed by atoms with Gasteiger partial charge in [-0.05, 0) is 30.7 Å². The van der Waals surface area contributed by atoms with Crippen LogP contribution in [0.3, 0.4) is 0 Å². The van der Waals surface area contributed by atoms with Crippen molar-refractivity contribution in [1.82, 2.24) is 14.9 Å². The highest BCUT2D eigenvalue weighted by molar-refractivity contribution is 9.10. The van der Waals surface area contributed by atoms with E-state index in [0.29, 0.717) is 0 Å². The quantitative estimate of drug-likeness (QED) is 0.785. The highest BCUT2D eigenvalue weighted by Crippen LogP contribution is 2.23. The largest absolute Gasteiger partial charge is 0.306 e. The molecule has 2 aromatic heterocycles. The fourth-order valence-electron chi connectivity index (χ4n) is 2.32. The van der Waals surface area contributed by atoms with Gasteiger partial charge in [0, 0.05) is 28.8 Å². The number of halogens is 1. The van der Waals surface area contributed by atoms with Crippen LogP contribution < -0.4 is 5.32 Å². The monoisotopic (exact) mass is 329 g/mol. The number of fused-ring (bicyclic) bond motifs is 1. The molecule has 1 N–H and O–H groups in total. The highest BCUT2D eigenvalue weighted by atomic mass is 79.9. The Kier molecular flexibility index (Phi) is 3.85. The molecule has 1 atom stereocenters. The van der Waals surface area contributed by atoms with Gasteiger partial charge >= 0.3 is 0 Å². The molecule has 0 aliphatic rings. The van der Waals surface area contributed by atoms with Crippen LogP contribution in [-0.4, -0.2) is 9.61 Å². The second kappa shape index (κ2) is 5.77. The van der Waals surface area contributed by atoms with Gasteiger partial charge in [-0.15, -0.1) is 0 Å². The second-order valence-corrected chi connectivity index (χ2v) is 5.68. The van der Waals surface area contributed by atoms with E-state index in [-0.39, 0.29) is 6.04 Å². The Bertz CT molecular complexity index is 720. The first kappa shape index (κ1) is 13.3. The van der Waals surface area contributed by atoms with Crippen LogP contribution in [0.25, 0.3) is 5.52 Å². The molecular formula is C16H16BrN3. The number of aromatic nitrogens is 2. The van der Waals surface area contributed by atoms with E-state index in [4.69, 9.17) is 0 Å². The van der Waals surface area contributed by atoms with Crippen molar-refractivity contribution in [1.29, 1.82) is 0 Å². The zero-order valence-corrected chi connectivity index (χ0v) is 12.8. The minimum atomic E-state index is 0.282. The normalized spacial score (nSPS) is 12.7. The molecule has 4 heteroatoms. The minimum Gasteiger partial charge on any atom is -0.306 e. The first-order chi connectivity index (χ1) is 9.75. The molecule has 0 aliphatic carbocycles. The maximum Gasteiger partial charge on any atom is 0.0706 e. The fraction of sp³-hybridized carbons (Fsp3) is 0.188. The van der Waals surface area contributed by atoms with Crippen LogP contribution in [0.4, 0.5) is 0 Å². The Morgan fingerprint density at radius 2 is 2.00 bits per heavy atom. The Balaban J connectivity index is 1.75. The molecule has 0 bridgehead atoms. The smallest absolute Gasteiger partial charge is 0.0706 e. The molecule has 0 saturated carbocycles. The summed E-state index contributed by atoms with van der Waals surface area (Å²) in [5.74, 6) is 0. The van der Waals surface area contributed by atoms with Crippen LogP contribution in [0.15, 0.2) is 59.3 Å². The van der Waals surface area contributed by atoms with Crippen LogP contribution in [0.2, 0.25) is 0 Å². The van der Waals surface area contributed by atoms with E-state index in [2.05, 4.69) is 57.5 Å².